The average Bonchev–Trinajstić information content (AvgIpc) is 3.02. The van der Waals surface area contributed by atoms with Crippen LogP contribution in [0.4, 0.5) is 0 Å². The molecule has 21 heavy (non-hydrogen) atoms. The molecule has 0 saturated carbocycles. The van der Waals surface area contributed by atoms with E-state index < -0.39 is 6.10 Å². The Hall–Kier alpha value is -1.85. The summed E-state index contributed by atoms with van der Waals surface area (Å²) in [5, 5.41) is 12.0. The highest BCUT2D eigenvalue weighted by molar-refractivity contribution is 7.10. The molecule has 0 aliphatic rings. The van der Waals surface area contributed by atoms with Crippen LogP contribution in [0.3, 0.4) is 0 Å². The largest absolute Gasteiger partial charge is 0.496 e. The van der Waals surface area contributed by atoms with Gasteiger partial charge in [-0.3, -0.25) is 4.79 Å². The zero-order valence-electron chi connectivity index (χ0n) is 12.2. The van der Waals surface area contributed by atoms with Gasteiger partial charge in [-0.1, -0.05) is 24.3 Å². The lowest BCUT2D eigenvalue weighted by molar-refractivity contribution is -0.130. The van der Waals surface area contributed by atoms with Crippen molar-refractivity contribution >= 4 is 17.2 Å². The van der Waals surface area contributed by atoms with E-state index in [1.807, 2.05) is 41.8 Å². The van der Waals surface area contributed by atoms with Gasteiger partial charge in [-0.25, -0.2) is 0 Å². The normalized spacial score (nSPS) is 12.0. The van der Waals surface area contributed by atoms with Crippen molar-refractivity contribution in [1.29, 1.82) is 0 Å². The number of aliphatic hydroxyl groups excluding tert-OH is 1. The second kappa shape index (κ2) is 7.24. The van der Waals surface area contributed by atoms with Crippen LogP contribution in [0, 0.1) is 0 Å². The number of methoxy groups -OCH3 is 1. The predicted molar refractivity (Wildman–Crippen MR) is 83.6 cm³/mol. The topological polar surface area (TPSA) is 49.8 Å². The van der Waals surface area contributed by atoms with Gasteiger partial charge in [-0.2, -0.15) is 0 Å². The monoisotopic (exact) mass is 305 g/mol. The number of para-hydroxylation sites is 1. The second-order valence-electron chi connectivity index (χ2n) is 4.79. The number of thiophene rings is 1. The summed E-state index contributed by atoms with van der Waals surface area (Å²) < 4.78 is 5.25. The summed E-state index contributed by atoms with van der Waals surface area (Å²) in [7, 11) is 3.29. The van der Waals surface area contributed by atoms with Gasteiger partial charge in [0.2, 0.25) is 5.91 Å². The molecule has 1 atom stereocenters. The fraction of sp³-hybridized carbons (Fsp3) is 0.312. The Kier molecular flexibility index (Phi) is 5.36. The number of hydrogen-bond acceptors (Lipinski definition) is 4. The van der Waals surface area contributed by atoms with Crippen molar-refractivity contribution in [3.8, 4) is 5.75 Å². The lowest BCUT2D eigenvalue weighted by atomic mass is 10.1. The average molecular weight is 305 g/mol. The molecule has 5 heteroatoms. The molecule has 0 fully saturated rings. The van der Waals surface area contributed by atoms with E-state index in [9.17, 15) is 9.90 Å². The predicted octanol–water partition coefficient (Wildman–Crippen LogP) is 2.49. The summed E-state index contributed by atoms with van der Waals surface area (Å²) >= 11 is 1.49. The lowest BCUT2D eigenvalue weighted by Crippen LogP contribution is -2.32. The highest BCUT2D eigenvalue weighted by Gasteiger charge is 2.17. The number of amides is 1. The first-order valence-electron chi connectivity index (χ1n) is 6.69. The fourth-order valence-electron chi connectivity index (χ4n) is 2.08. The molecular formula is C16H19NO3S. The molecule has 1 aromatic heterocycles. The van der Waals surface area contributed by atoms with Crippen LogP contribution in [0.2, 0.25) is 0 Å². The summed E-state index contributed by atoms with van der Waals surface area (Å²) in [6, 6.07) is 11.2. The number of likely N-dealkylation sites (N-methyl/N-ethyl adjacent to an activating group) is 1. The van der Waals surface area contributed by atoms with Crippen molar-refractivity contribution in [3.63, 3.8) is 0 Å². The molecule has 2 aromatic rings. The van der Waals surface area contributed by atoms with Crippen molar-refractivity contribution in [3.05, 3.63) is 52.2 Å². The Morgan fingerprint density at radius 3 is 2.76 bits per heavy atom. The molecule has 1 N–H and O–H groups in total. The third-order valence-electron chi connectivity index (χ3n) is 3.28. The first-order valence-corrected chi connectivity index (χ1v) is 7.57. The Labute approximate surface area is 128 Å². The molecule has 0 radical (unpaired) electrons. The van der Waals surface area contributed by atoms with Crippen LogP contribution in [0.15, 0.2) is 41.8 Å². The van der Waals surface area contributed by atoms with Crippen LogP contribution < -0.4 is 4.74 Å². The Balaban J connectivity index is 1.96. The van der Waals surface area contributed by atoms with Gasteiger partial charge in [0.25, 0.3) is 0 Å². The van der Waals surface area contributed by atoms with E-state index in [-0.39, 0.29) is 18.9 Å². The molecule has 2 rings (SSSR count). The van der Waals surface area contributed by atoms with Crippen LogP contribution >= 0.6 is 11.3 Å². The number of hydrogen-bond donors (Lipinski definition) is 1. The minimum absolute atomic E-state index is 0.0462. The van der Waals surface area contributed by atoms with Crippen LogP contribution in [-0.4, -0.2) is 36.6 Å². The maximum Gasteiger partial charge on any atom is 0.226 e. The molecule has 1 heterocycles. The highest BCUT2D eigenvalue weighted by atomic mass is 32.1. The lowest BCUT2D eigenvalue weighted by Gasteiger charge is -2.20. The molecule has 112 valence electrons. The molecule has 0 aliphatic heterocycles. The second-order valence-corrected chi connectivity index (χ2v) is 5.77. The van der Waals surface area contributed by atoms with Crippen molar-refractivity contribution in [2.24, 2.45) is 0 Å². The first-order chi connectivity index (χ1) is 10.1. The van der Waals surface area contributed by atoms with E-state index in [1.54, 1.807) is 19.1 Å². The number of carbonyl (C=O) groups is 1. The minimum atomic E-state index is -0.642. The Bertz CT molecular complexity index is 583. The summed E-state index contributed by atoms with van der Waals surface area (Å²) in [6.07, 6.45) is -0.380. The molecule has 1 unspecified atom stereocenters. The molecule has 0 aliphatic carbocycles. The number of ether oxygens (including phenoxy) is 1. The van der Waals surface area contributed by atoms with E-state index in [1.165, 1.54) is 11.3 Å². The van der Waals surface area contributed by atoms with Crippen molar-refractivity contribution in [2.75, 3.05) is 20.7 Å². The van der Waals surface area contributed by atoms with E-state index in [0.29, 0.717) is 5.75 Å². The van der Waals surface area contributed by atoms with Crippen molar-refractivity contribution in [1.82, 2.24) is 4.90 Å². The minimum Gasteiger partial charge on any atom is -0.496 e. The van der Waals surface area contributed by atoms with E-state index in [4.69, 9.17) is 4.74 Å². The maximum absolute atomic E-state index is 12.2. The molecule has 0 saturated heterocycles. The number of aliphatic hydroxyl groups is 1. The fourth-order valence-corrected chi connectivity index (χ4v) is 2.78. The number of carbonyl (C=O) groups excluding carboxylic acids is 1. The van der Waals surface area contributed by atoms with Gasteiger partial charge in [0.15, 0.2) is 0 Å². The molecule has 0 spiro atoms. The van der Waals surface area contributed by atoms with Crippen LogP contribution in [0.25, 0.3) is 0 Å². The summed E-state index contributed by atoms with van der Waals surface area (Å²) in [4.78, 5) is 14.7. The number of nitrogens with zero attached hydrogens (tertiary/aromatic N) is 1. The molecular weight excluding hydrogens is 286 g/mol. The zero-order chi connectivity index (χ0) is 15.2. The summed E-state index contributed by atoms with van der Waals surface area (Å²) in [5.74, 6) is 0.660. The van der Waals surface area contributed by atoms with Gasteiger partial charge in [0.05, 0.1) is 20.1 Å². The van der Waals surface area contributed by atoms with Crippen LogP contribution in [-0.2, 0) is 11.2 Å². The molecule has 0 bridgehead atoms. The number of rotatable bonds is 6. The van der Waals surface area contributed by atoms with Crippen LogP contribution in [0.5, 0.6) is 5.75 Å². The maximum atomic E-state index is 12.2. The smallest absolute Gasteiger partial charge is 0.226 e. The summed E-state index contributed by atoms with van der Waals surface area (Å²) in [5.41, 5.74) is 0.850. The van der Waals surface area contributed by atoms with Crippen LogP contribution in [0.1, 0.15) is 16.5 Å². The van der Waals surface area contributed by atoms with E-state index >= 15 is 0 Å². The number of benzene rings is 1. The standard InChI is InChI=1S/C16H19NO3S/c1-17(11-13(18)15-8-5-9-21-15)16(19)10-12-6-3-4-7-14(12)20-2/h3-9,13,18H,10-11H2,1-2H3. The molecule has 1 aromatic carbocycles. The van der Waals surface area contributed by atoms with Gasteiger partial charge in [-0.05, 0) is 17.5 Å². The van der Waals surface area contributed by atoms with Crippen molar-refractivity contribution < 1.29 is 14.6 Å². The Morgan fingerprint density at radius 1 is 1.33 bits per heavy atom. The van der Waals surface area contributed by atoms with Gasteiger partial charge < -0.3 is 14.7 Å². The van der Waals surface area contributed by atoms with Crippen molar-refractivity contribution in [2.45, 2.75) is 12.5 Å². The molecule has 1 amide bonds. The first kappa shape index (κ1) is 15.5. The van der Waals surface area contributed by atoms with Gasteiger partial charge >= 0.3 is 0 Å². The SMILES string of the molecule is COc1ccccc1CC(=O)N(C)CC(O)c1cccs1. The van der Waals surface area contributed by atoms with Gasteiger partial charge in [0.1, 0.15) is 11.9 Å². The third-order valence-corrected chi connectivity index (χ3v) is 4.25. The van der Waals surface area contributed by atoms with Gasteiger partial charge in [-0.15, -0.1) is 11.3 Å². The zero-order valence-corrected chi connectivity index (χ0v) is 13.0. The Morgan fingerprint density at radius 2 is 2.10 bits per heavy atom. The summed E-state index contributed by atoms with van der Waals surface area (Å²) in [6.45, 7) is 0.286. The van der Waals surface area contributed by atoms with E-state index in [0.717, 1.165) is 10.4 Å². The third kappa shape index (κ3) is 4.06. The van der Waals surface area contributed by atoms with E-state index in [2.05, 4.69) is 0 Å². The quantitative estimate of drug-likeness (QED) is 0.892. The van der Waals surface area contributed by atoms with Gasteiger partial charge in [0, 0.05) is 17.5 Å². The molecule has 4 nitrogen and oxygen atoms in total. The highest BCUT2D eigenvalue weighted by Crippen LogP contribution is 2.21.